The van der Waals surface area contributed by atoms with Gasteiger partial charge in [0.25, 0.3) is 5.91 Å². The van der Waals surface area contributed by atoms with Gasteiger partial charge in [0.1, 0.15) is 6.04 Å². The minimum absolute atomic E-state index is 0.150. The number of hydrogen-bond donors (Lipinski definition) is 2. The zero-order chi connectivity index (χ0) is 23.1. The number of rotatable bonds is 9. The maximum atomic E-state index is 13.0. The van der Waals surface area contributed by atoms with Crippen LogP contribution in [0.15, 0.2) is 30.3 Å². The molecule has 0 aliphatic heterocycles. The van der Waals surface area contributed by atoms with Gasteiger partial charge in [0, 0.05) is 22.8 Å². The maximum absolute atomic E-state index is 13.0. The third-order valence-corrected chi connectivity index (χ3v) is 4.98. The van der Waals surface area contributed by atoms with Gasteiger partial charge in [0.2, 0.25) is 11.7 Å². The Hall–Kier alpha value is -2.64. The summed E-state index contributed by atoms with van der Waals surface area (Å²) in [6.07, 6.45) is 0.424. The molecule has 2 aromatic rings. The van der Waals surface area contributed by atoms with Gasteiger partial charge < -0.3 is 24.8 Å². The van der Waals surface area contributed by atoms with Crippen LogP contribution in [0.25, 0.3) is 0 Å². The lowest BCUT2D eigenvalue weighted by atomic mass is 10.0. The van der Waals surface area contributed by atoms with Crippen molar-refractivity contribution >= 4 is 40.7 Å². The molecule has 2 aromatic carbocycles. The summed E-state index contributed by atoms with van der Waals surface area (Å²) in [6.45, 7) is 3.92. The number of anilines is 1. The van der Waals surface area contributed by atoms with E-state index in [4.69, 9.17) is 37.4 Å². The average Bonchev–Trinajstić information content (AvgIpc) is 2.71. The summed E-state index contributed by atoms with van der Waals surface area (Å²) in [5.74, 6) is 0.502. The van der Waals surface area contributed by atoms with Crippen LogP contribution in [-0.4, -0.2) is 39.2 Å². The van der Waals surface area contributed by atoms with Crippen LogP contribution in [-0.2, 0) is 4.79 Å². The highest BCUT2D eigenvalue weighted by Crippen LogP contribution is 2.40. The smallest absolute Gasteiger partial charge is 0.253 e. The van der Waals surface area contributed by atoms with Gasteiger partial charge >= 0.3 is 0 Å². The van der Waals surface area contributed by atoms with Gasteiger partial charge in [-0.05, 0) is 30.5 Å². The quantitative estimate of drug-likeness (QED) is 0.551. The molecule has 7 nitrogen and oxygen atoms in total. The van der Waals surface area contributed by atoms with Crippen LogP contribution in [0.3, 0.4) is 0 Å². The Morgan fingerprint density at radius 3 is 2.06 bits per heavy atom. The molecule has 0 heterocycles. The number of nitrogens with one attached hydrogen (secondary N) is 2. The minimum atomic E-state index is -0.793. The second-order valence-corrected chi connectivity index (χ2v) is 8.03. The van der Waals surface area contributed by atoms with Gasteiger partial charge in [-0.15, -0.1) is 0 Å². The Morgan fingerprint density at radius 1 is 0.968 bits per heavy atom. The van der Waals surface area contributed by atoms with Gasteiger partial charge in [-0.2, -0.15) is 0 Å². The normalized spacial score (nSPS) is 11.6. The fourth-order valence-corrected chi connectivity index (χ4v) is 3.49. The first-order valence-electron chi connectivity index (χ1n) is 9.56. The van der Waals surface area contributed by atoms with E-state index in [1.54, 1.807) is 18.2 Å². The molecule has 0 saturated heterocycles. The molecule has 0 radical (unpaired) electrons. The second kappa shape index (κ2) is 11.1. The van der Waals surface area contributed by atoms with Crippen molar-refractivity contribution in [2.24, 2.45) is 5.92 Å². The third-order valence-electron chi connectivity index (χ3n) is 4.44. The highest BCUT2D eigenvalue weighted by atomic mass is 35.5. The van der Waals surface area contributed by atoms with E-state index < -0.39 is 11.9 Å². The number of ether oxygens (including phenoxy) is 3. The van der Waals surface area contributed by atoms with Crippen LogP contribution in [0.4, 0.5) is 5.69 Å². The lowest BCUT2D eigenvalue weighted by Gasteiger charge is -2.21. The van der Waals surface area contributed by atoms with Crippen molar-refractivity contribution in [3.8, 4) is 17.2 Å². The zero-order valence-corrected chi connectivity index (χ0v) is 19.6. The second-order valence-electron chi connectivity index (χ2n) is 7.18. The van der Waals surface area contributed by atoms with Crippen LogP contribution in [0.5, 0.6) is 17.2 Å². The maximum Gasteiger partial charge on any atom is 0.253 e. The number of halogens is 2. The first-order chi connectivity index (χ1) is 14.7. The lowest BCUT2D eigenvalue weighted by molar-refractivity contribution is -0.118. The van der Waals surface area contributed by atoms with Crippen LogP contribution in [0, 0.1) is 5.92 Å². The van der Waals surface area contributed by atoms with Crippen molar-refractivity contribution in [1.82, 2.24) is 5.32 Å². The number of methoxy groups -OCH3 is 3. The molecule has 0 spiro atoms. The molecule has 1 unspecified atom stereocenters. The fraction of sp³-hybridized carbons (Fsp3) is 0.364. The minimum Gasteiger partial charge on any atom is -0.493 e. The van der Waals surface area contributed by atoms with Crippen LogP contribution < -0.4 is 24.8 Å². The lowest BCUT2D eigenvalue weighted by Crippen LogP contribution is -2.44. The molecule has 0 aliphatic rings. The highest BCUT2D eigenvalue weighted by Gasteiger charge is 2.25. The summed E-state index contributed by atoms with van der Waals surface area (Å²) >= 11 is 12.0. The molecule has 0 aromatic heterocycles. The van der Waals surface area contributed by atoms with E-state index in [-0.39, 0.29) is 22.4 Å². The summed E-state index contributed by atoms with van der Waals surface area (Å²) < 4.78 is 15.9. The number of amides is 2. The van der Waals surface area contributed by atoms with Crippen molar-refractivity contribution in [2.45, 2.75) is 26.3 Å². The van der Waals surface area contributed by atoms with E-state index in [0.29, 0.717) is 34.4 Å². The molecule has 9 heteroatoms. The van der Waals surface area contributed by atoms with Gasteiger partial charge in [0.15, 0.2) is 11.5 Å². The van der Waals surface area contributed by atoms with E-state index in [1.807, 2.05) is 13.8 Å². The highest BCUT2D eigenvalue weighted by molar-refractivity contribution is 6.36. The SMILES string of the molecule is COc1cc(NC(=O)C(CC(C)C)NC(=O)c2ccc(Cl)cc2Cl)cc(OC)c1OC. The Labute approximate surface area is 192 Å². The molecule has 0 aliphatic carbocycles. The zero-order valence-electron chi connectivity index (χ0n) is 18.0. The van der Waals surface area contributed by atoms with Crippen molar-refractivity contribution in [2.75, 3.05) is 26.6 Å². The molecular weight excluding hydrogens is 443 g/mol. The summed E-state index contributed by atoms with van der Waals surface area (Å²) in [7, 11) is 4.47. The van der Waals surface area contributed by atoms with Crippen LogP contribution in [0.2, 0.25) is 10.0 Å². The molecule has 2 rings (SSSR count). The molecule has 0 fully saturated rings. The van der Waals surface area contributed by atoms with E-state index in [0.717, 1.165) is 0 Å². The molecule has 31 heavy (non-hydrogen) atoms. The van der Waals surface area contributed by atoms with Gasteiger partial charge in [-0.1, -0.05) is 37.0 Å². The monoisotopic (exact) mass is 468 g/mol. The largest absolute Gasteiger partial charge is 0.493 e. The van der Waals surface area contributed by atoms with Crippen molar-refractivity contribution < 1.29 is 23.8 Å². The van der Waals surface area contributed by atoms with E-state index in [2.05, 4.69) is 10.6 Å². The first-order valence-corrected chi connectivity index (χ1v) is 10.3. The van der Waals surface area contributed by atoms with E-state index >= 15 is 0 Å². The van der Waals surface area contributed by atoms with E-state index in [1.165, 1.54) is 33.5 Å². The Bertz CT molecular complexity index is 924. The Balaban J connectivity index is 2.26. The Kier molecular flexibility index (Phi) is 8.83. The number of benzene rings is 2. The molecule has 0 saturated carbocycles. The van der Waals surface area contributed by atoms with Crippen molar-refractivity contribution in [1.29, 1.82) is 0 Å². The number of carbonyl (C=O) groups is 2. The molecular formula is C22H26Cl2N2O5. The standard InChI is InChI=1S/C22H26Cl2N2O5/c1-12(2)8-17(26-21(27)15-7-6-13(23)9-16(15)24)22(28)25-14-10-18(29-3)20(31-5)19(11-14)30-4/h6-7,9-12,17H,8H2,1-5H3,(H,25,28)(H,26,27). The molecule has 2 amide bonds. The van der Waals surface area contributed by atoms with Crippen LogP contribution >= 0.6 is 23.2 Å². The molecule has 0 bridgehead atoms. The molecule has 2 N–H and O–H groups in total. The van der Waals surface area contributed by atoms with Crippen molar-refractivity contribution in [3.63, 3.8) is 0 Å². The van der Waals surface area contributed by atoms with Crippen molar-refractivity contribution in [3.05, 3.63) is 45.9 Å². The Morgan fingerprint density at radius 2 is 1.58 bits per heavy atom. The van der Waals surface area contributed by atoms with E-state index in [9.17, 15) is 9.59 Å². The third kappa shape index (κ3) is 6.42. The summed E-state index contributed by atoms with van der Waals surface area (Å²) in [4.78, 5) is 25.7. The summed E-state index contributed by atoms with van der Waals surface area (Å²) in [6, 6.07) is 7.00. The van der Waals surface area contributed by atoms with Gasteiger partial charge in [-0.3, -0.25) is 9.59 Å². The van der Waals surface area contributed by atoms with Crippen LogP contribution in [0.1, 0.15) is 30.6 Å². The molecule has 168 valence electrons. The average molecular weight is 469 g/mol. The van der Waals surface area contributed by atoms with Gasteiger partial charge in [-0.25, -0.2) is 0 Å². The number of hydrogen-bond acceptors (Lipinski definition) is 5. The summed E-state index contributed by atoms with van der Waals surface area (Å²) in [5, 5.41) is 6.19. The fourth-order valence-electron chi connectivity index (χ4n) is 3.00. The predicted molar refractivity (Wildman–Crippen MR) is 122 cm³/mol. The molecule has 1 atom stereocenters. The topological polar surface area (TPSA) is 85.9 Å². The predicted octanol–water partition coefficient (Wildman–Crippen LogP) is 4.80. The van der Waals surface area contributed by atoms with Gasteiger partial charge in [0.05, 0.1) is 31.9 Å². The first kappa shape index (κ1) is 24.6. The number of carbonyl (C=O) groups excluding carboxylic acids is 2. The summed E-state index contributed by atoms with van der Waals surface area (Å²) in [5.41, 5.74) is 0.674.